The number of para-hydroxylation sites is 6. The van der Waals surface area contributed by atoms with Crippen molar-refractivity contribution in [1.82, 2.24) is 0 Å². The molecule has 0 radical (unpaired) electrons. The quantitative estimate of drug-likeness (QED) is 0.131. The topological polar surface area (TPSA) is 24.9 Å². The van der Waals surface area contributed by atoms with E-state index in [0.29, 0.717) is 11.8 Å². The molecule has 0 saturated carbocycles. The molecular weight excluding hydrogens is 764 g/mol. The summed E-state index contributed by atoms with van der Waals surface area (Å²) >= 11 is 0.218. The summed E-state index contributed by atoms with van der Waals surface area (Å²) in [5.41, 5.74) is 9.27. The van der Waals surface area contributed by atoms with Crippen LogP contribution < -0.4 is 19.3 Å². The monoisotopic (exact) mass is 802 g/mol. The van der Waals surface area contributed by atoms with Crippen LogP contribution in [-0.4, -0.2) is 14.5 Å². The van der Waals surface area contributed by atoms with E-state index in [1.54, 1.807) is 0 Å². The Kier molecular flexibility index (Phi) is 7.00. The Morgan fingerprint density at radius 3 is 1.37 bits per heavy atom. The zero-order chi connectivity index (χ0) is 38.1. The average Bonchev–Trinajstić information content (AvgIpc) is 3.60. The number of ether oxygens (including phenoxy) is 2. The van der Waals surface area contributed by atoms with Crippen molar-refractivity contribution < 1.29 is 9.47 Å². The fourth-order valence-electron chi connectivity index (χ4n) is 9.53. The molecule has 10 aromatic rings. The van der Waals surface area contributed by atoms with Crippen LogP contribution >= 0.6 is 0 Å². The third kappa shape index (κ3) is 4.67. The summed E-state index contributed by atoms with van der Waals surface area (Å²) in [6.45, 7) is 9.30. The molecule has 0 atom stereocenters. The van der Waals surface area contributed by atoms with Gasteiger partial charge < -0.3 is 4.74 Å². The van der Waals surface area contributed by atoms with Crippen LogP contribution in [0, 0.1) is 0 Å². The first-order valence-corrected chi connectivity index (χ1v) is 21.6. The fraction of sp³-hybridized carbons (Fsp3) is 0.115. The van der Waals surface area contributed by atoms with Gasteiger partial charge in [0.1, 0.15) is 0 Å². The normalized spacial score (nSPS) is 13.4. The van der Waals surface area contributed by atoms with Crippen molar-refractivity contribution in [2.45, 2.75) is 39.5 Å². The Bertz CT molecular complexity index is 3240. The molecule has 57 heavy (non-hydrogen) atoms. The molecule has 0 aliphatic carbocycles. The molecule has 4 nitrogen and oxygen atoms in total. The predicted octanol–water partition coefficient (Wildman–Crippen LogP) is 15.3. The summed E-state index contributed by atoms with van der Waals surface area (Å²) in [6.07, 6.45) is 0. The van der Waals surface area contributed by atoms with Gasteiger partial charge in [0.25, 0.3) is 0 Å². The van der Waals surface area contributed by atoms with Gasteiger partial charge in [-0.15, -0.1) is 0 Å². The van der Waals surface area contributed by atoms with Crippen LogP contribution in [0.1, 0.15) is 50.7 Å². The molecule has 0 amide bonds. The Morgan fingerprint density at radius 2 is 0.825 bits per heavy atom. The summed E-state index contributed by atoms with van der Waals surface area (Å²) in [4.78, 5) is 4.91. The van der Waals surface area contributed by atoms with Gasteiger partial charge in [-0.2, -0.15) is 0 Å². The summed E-state index contributed by atoms with van der Waals surface area (Å²) in [5, 5.41) is 10.3. The molecule has 0 bridgehead atoms. The molecule has 0 unspecified atom stereocenters. The first kappa shape index (κ1) is 32.9. The van der Waals surface area contributed by atoms with E-state index in [9.17, 15) is 0 Å². The number of anilines is 6. The Balaban J connectivity index is 1.20. The van der Waals surface area contributed by atoms with Gasteiger partial charge in [-0.25, -0.2) is 0 Å². The standard InChI is InChI=1S/C52H38N2O2Se/c1-29(2)36-25-42(53-39-14-6-9-17-45(39)55-46-18-10-7-15-40(46)53)34-23-21-33-37(30(3)4)26-43(35-24-22-32(36)51(34)52(33)35)54-41-16-8-11-19-47(41)56-48-27-38-31-13-5-12-20-49(31)57-50(38)28-44(48)54/h5-30H,1-4H3. The zero-order valence-corrected chi connectivity index (χ0v) is 33.8. The Labute approximate surface area is 337 Å². The molecule has 0 N–H and O–H groups in total. The van der Waals surface area contributed by atoms with Crippen molar-refractivity contribution in [3.63, 3.8) is 0 Å². The molecule has 0 saturated heterocycles. The van der Waals surface area contributed by atoms with Gasteiger partial charge >= 0.3 is 274 Å². The molecule has 2 aliphatic rings. The van der Waals surface area contributed by atoms with Gasteiger partial charge in [-0.1, -0.05) is 24.3 Å². The average molecular weight is 802 g/mol. The molecule has 0 spiro atoms. The van der Waals surface area contributed by atoms with Crippen LogP contribution in [0.4, 0.5) is 34.1 Å². The minimum absolute atomic E-state index is 0.218. The number of rotatable bonds is 4. The SMILES string of the molecule is CC(C)c1cc(N2c3ccccc3Oc3ccccc32)c2ccc3c(C(C)C)cc(N4c5ccccc5Oc5cc6c(cc54)[se]c4ccccc46)c4ccc1c2c34. The molecule has 2 aliphatic heterocycles. The fourth-order valence-corrected chi connectivity index (χ4v) is 11.9. The van der Waals surface area contributed by atoms with Crippen molar-refractivity contribution in [2.24, 2.45) is 0 Å². The van der Waals surface area contributed by atoms with Crippen LogP contribution in [0.5, 0.6) is 23.0 Å². The van der Waals surface area contributed by atoms with E-state index in [4.69, 9.17) is 9.47 Å². The van der Waals surface area contributed by atoms with E-state index in [1.807, 2.05) is 0 Å². The van der Waals surface area contributed by atoms with Crippen molar-refractivity contribution in [1.29, 1.82) is 0 Å². The van der Waals surface area contributed by atoms with E-state index in [0.717, 1.165) is 45.7 Å². The molecule has 0 fully saturated rings. The molecule has 9 aromatic carbocycles. The molecule has 3 heterocycles. The summed E-state index contributed by atoms with van der Waals surface area (Å²) in [6, 6.07) is 53.3. The summed E-state index contributed by atoms with van der Waals surface area (Å²) in [5.74, 6) is 4.08. The van der Waals surface area contributed by atoms with Crippen molar-refractivity contribution >= 4 is 100 Å². The molecule has 274 valence electrons. The molecular formula is C52H38N2O2Se. The third-order valence-electron chi connectivity index (χ3n) is 12.1. The maximum atomic E-state index is 6.80. The van der Waals surface area contributed by atoms with Gasteiger partial charge in [-0.05, 0) is 24.3 Å². The molecule has 1 aromatic heterocycles. The Hall–Kier alpha value is -6.26. The van der Waals surface area contributed by atoms with Crippen LogP contribution in [0.3, 0.4) is 0 Å². The maximum absolute atomic E-state index is 6.80. The molecule has 5 heteroatoms. The van der Waals surface area contributed by atoms with E-state index in [2.05, 4.69) is 183 Å². The summed E-state index contributed by atoms with van der Waals surface area (Å²) in [7, 11) is 0. The second-order valence-corrected chi connectivity index (χ2v) is 18.3. The van der Waals surface area contributed by atoms with Gasteiger partial charge in [0.15, 0.2) is 11.5 Å². The number of hydrogen-bond acceptors (Lipinski definition) is 4. The van der Waals surface area contributed by atoms with Gasteiger partial charge in [-0.3, -0.25) is 0 Å². The van der Waals surface area contributed by atoms with Crippen LogP contribution in [0.25, 0.3) is 51.6 Å². The summed E-state index contributed by atoms with van der Waals surface area (Å²) < 4.78 is 16.1. The first-order chi connectivity index (χ1) is 27.9. The predicted molar refractivity (Wildman–Crippen MR) is 240 cm³/mol. The van der Waals surface area contributed by atoms with Gasteiger partial charge in [0, 0.05) is 0 Å². The van der Waals surface area contributed by atoms with Crippen LogP contribution in [0.2, 0.25) is 0 Å². The van der Waals surface area contributed by atoms with E-state index in [-0.39, 0.29) is 14.5 Å². The second-order valence-electron chi connectivity index (χ2n) is 16.0. The van der Waals surface area contributed by atoms with Crippen LogP contribution in [-0.2, 0) is 0 Å². The third-order valence-corrected chi connectivity index (χ3v) is 14.5. The number of nitrogens with zero attached hydrogens (tertiary/aromatic N) is 2. The van der Waals surface area contributed by atoms with Crippen LogP contribution in [0.15, 0.2) is 146 Å². The van der Waals surface area contributed by atoms with Crippen molar-refractivity contribution in [2.75, 3.05) is 9.80 Å². The Morgan fingerprint density at radius 1 is 0.368 bits per heavy atom. The second kappa shape index (κ2) is 12.1. The van der Waals surface area contributed by atoms with E-state index in [1.165, 1.54) is 74.1 Å². The van der Waals surface area contributed by atoms with Crippen molar-refractivity contribution in [3.05, 3.63) is 157 Å². The van der Waals surface area contributed by atoms with Crippen molar-refractivity contribution in [3.8, 4) is 23.0 Å². The van der Waals surface area contributed by atoms with Gasteiger partial charge in [0.2, 0.25) is 0 Å². The van der Waals surface area contributed by atoms with E-state index >= 15 is 0 Å². The molecule has 12 rings (SSSR count). The zero-order valence-electron chi connectivity index (χ0n) is 32.1. The van der Waals surface area contributed by atoms with Gasteiger partial charge in [0.05, 0.1) is 0 Å². The number of fused-ring (bicyclic) bond motifs is 7. The number of hydrogen-bond donors (Lipinski definition) is 0. The minimum atomic E-state index is 0.218. The number of benzene rings is 9. The first-order valence-electron chi connectivity index (χ1n) is 19.9. The van der Waals surface area contributed by atoms with E-state index < -0.39 is 0 Å².